The van der Waals surface area contributed by atoms with Crippen LogP contribution in [0.25, 0.3) is 0 Å². The highest BCUT2D eigenvalue weighted by Gasteiger charge is 2.15. The van der Waals surface area contributed by atoms with Gasteiger partial charge in [0.15, 0.2) is 0 Å². The smallest absolute Gasteiger partial charge is 0.123 e. The lowest BCUT2D eigenvalue weighted by Gasteiger charge is -2.20. The number of likely N-dealkylation sites (N-methyl/N-ethyl adjacent to an activating group) is 1. The van der Waals surface area contributed by atoms with Gasteiger partial charge in [-0.3, -0.25) is 0 Å². The molecule has 0 bridgehead atoms. The Morgan fingerprint density at radius 1 is 0.857 bits per heavy atom. The first kappa shape index (κ1) is 15.6. The van der Waals surface area contributed by atoms with E-state index in [4.69, 9.17) is 4.74 Å². The van der Waals surface area contributed by atoms with Crippen LogP contribution in [0.15, 0.2) is 48.5 Å². The van der Waals surface area contributed by atoms with Gasteiger partial charge in [-0.1, -0.05) is 24.3 Å². The Morgan fingerprint density at radius 2 is 1.29 bits per heavy atom. The average molecular weight is 291 g/mol. The molecule has 2 aromatic carbocycles. The van der Waals surface area contributed by atoms with Crippen molar-refractivity contribution in [1.29, 1.82) is 0 Å². The minimum Gasteiger partial charge on any atom is -0.367 e. The molecule has 0 amide bonds. The minimum atomic E-state index is -0.328. The quantitative estimate of drug-likeness (QED) is 0.806. The molecule has 0 aromatic heterocycles. The van der Waals surface area contributed by atoms with E-state index >= 15 is 0 Å². The number of benzene rings is 2. The van der Waals surface area contributed by atoms with Crippen molar-refractivity contribution in [3.05, 3.63) is 71.3 Å². The summed E-state index contributed by atoms with van der Waals surface area (Å²) in [5.74, 6) is -0.574. The molecule has 0 atom stereocenters. The van der Waals surface area contributed by atoms with Gasteiger partial charge in [0.05, 0.1) is 6.61 Å². The molecule has 0 spiro atoms. The Labute approximate surface area is 124 Å². The van der Waals surface area contributed by atoms with E-state index < -0.39 is 0 Å². The maximum absolute atomic E-state index is 13.1. The van der Waals surface area contributed by atoms with Crippen molar-refractivity contribution in [3.8, 4) is 0 Å². The van der Waals surface area contributed by atoms with Crippen LogP contribution in [0.2, 0.25) is 0 Å². The zero-order chi connectivity index (χ0) is 15.2. The van der Waals surface area contributed by atoms with Crippen LogP contribution in [-0.2, 0) is 4.74 Å². The Kier molecular flexibility index (Phi) is 5.42. The topological polar surface area (TPSA) is 12.5 Å². The number of hydrogen-bond donors (Lipinski definition) is 0. The summed E-state index contributed by atoms with van der Waals surface area (Å²) in [6.07, 6.45) is -0.328. The molecule has 0 aliphatic heterocycles. The number of ether oxygens (including phenoxy) is 1. The standard InChI is InChI=1S/C17H19F2NO/c1-20(2)11-12-21-17(13-3-7-15(18)8-4-13)14-5-9-16(19)10-6-14/h3-10,17H,11-12H2,1-2H3. The summed E-state index contributed by atoms with van der Waals surface area (Å²) in [6, 6.07) is 12.4. The van der Waals surface area contributed by atoms with Crippen LogP contribution >= 0.6 is 0 Å². The van der Waals surface area contributed by atoms with Crippen molar-refractivity contribution < 1.29 is 13.5 Å². The fourth-order valence-corrected chi connectivity index (χ4v) is 2.01. The van der Waals surface area contributed by atoms with Crippen LogP contribution in [0.5, 0.6) is 0 Å². The van der Waals surface area contributed by atoms with Gasteiger partial charge in [-0.2, -0.15) is 0 Å². The minimum absolute atomic E-state index is 0.287. The lowest BCUT2D eigenvalue weighted by Crippen LogP contribution is -2.20. The molecule has 21 heavy (non-hydrogen) atoms. The second-order valence-electron chi connectivity index (χ2n) is 5.16. The van der Waals surface area contributed by atoms with E-state index in [1.807, 2.05) is 19.0 Å². The molecule has 0 N–H and O–H groups in total. The largest absolute Gasteiger partial charge is 0.367 e. The lowest BCUT2D eigenvalue weighted by atomic mass is 10.0. The third-order valence-corrected chi connectivity index (χ3v) is 3.17. The molecule has 0 heterocycles. The summed E-state index contributed by atoms with van der Waals surface area (Å²) in [5.41, 5.74) is 1.70. The second kappa shape index (κ2) is 7.29. The first-order valence-electron chi connectivity index (χ1n) is 6.83. The van der Waals surface area contributed by atoms with E-state index in [-0.39, 0.29) is 17.7 Å². The van der Waals surface area contributed by atoms with Crippen molar-refractivity contribution >= 4 is 0 Å². The number of hydrogen-bond acceptors (Lipinski definition) is 2. The highest BCUT2D eigenvalue weighted by molar-refractivity contribution is 5.30. The van der Waals surface area contributed by atoms with Crippen LogP contribution in [0.4, 0.5) is 8.78 Å². The molecule has 112 valence electrons. The van der Waals surface area contributed by atoms with E-state index in [9.17, 15) is 8.78 Å². The lowest BCUT2D eigenvalue weighted by molar-refractivity contribution is 0.0686. The van der Waals surface area contributed by atoms with E-state index in [2.05, 4.69) is 0 Å². The van der Waals surface area contributed by atoms with Gasteiger partial charge in [0.2, 0.25) is 0 Å². The van der Waals surface area contributed by atoms with E-state index in [0.29, 0.717) is 6.61 Å². The van der Waals surface area contributed by atoms with Gasteiger partial charge in [-0.25, -0.2) is 8.78 Å². The van der Waals surface area contributed by atoms with Gasteiger partial charge < -0.3 is 9.64 Å². The van der Waals surface area contributed by atoms with Gasteiger partial charge >= 0.3 is 0 Å². The third kappa shape index (κ3) is 4.62. The Hall–Kier alpha value is -1.78. The van der Waals surface area contributed by atoms with Crippen molar-refractivity contribution in [2.75, 3.05) is 27.2 Å². The summed E-state index contributed by atoms with van der Waals surface area (Å²) in [4.78, 5) is 2.02. The van der Waals surface area contributed by atoms with Gasteiger partial charge in [0.1, 0.15) is 17.7 Å². The molecular formula is C17H19F2NO. The number of halogens is 2. The normalized spacial score (nSPS) is 11.3. The fraction of sp³-hybridized carbons (Fsp3) is 0.294. The van der Waals surface area contributed by atoms with Crippen LogP contribution in [-0.4, -0.2) is 32.1 Å². The van der Waals surface area contributed by atoms with Crippen LogP contribution in [0.3, 0.4) is 0 Å². The van der Waals surface area contributed by atoms with E-state index in [1.165, 1.54) is 24.3 Å². The molecule has 0 fully saturated rings. The monoisotopic (exact) mass is 291 g/mol. The molecule has 0 saturated heterocycles. The average Bonchev–Trinajstić information content (AvgIpc) is 2.46. The van der Waals surface area contributed by atoms with E-state index in [0.717, 1.165) is 17.7 Å². The maximum atomic E-state index is 13.1. The molecule has 0 unspecified atom stereocenters. The third-order valence-electron chi connectivity index (χ3n) is 3.17. The molecule has 4 heteroatoms. The summed E-state index contributed by atoms with van der Waals surface area (Å²) in [7, 11) is 3.93. The van der Waals surface area contributed by atoms with Gasteiger partial charge in [-0.15, -0.1) is 0 Å². The molecule has 2 rings (SSSR count). The zero-order valence-corrected chi connectivity index (χ0v) is 12.2. The Bertz CT molecular complexity index is 507. The summed E-state index contributed by atoms with van der Waals surface area (Å²) < 4.78 is 32.1. The van der Waals surface area contributed by atoms with Crippen LogP contribution < -0.4 is 0 Å². The summed E-state index contributed by atoms with van der Waals surface area (Å²) in [6.45, 7) is 1.31. The van der Waals surface area contributed by atoms with Gasteiger partial charge in [0.25, 0.3) is 0 Å². The summed E-state index contributed by atoms with van der Waals surface area (Å²) >= 11 is 0. The predicted molar refractivity (Wildman–Crippen MR) is 79.1 cm³/mol. The van der Waals surface area contributed by atoms with Gasteiger partial charge in [-0.05, 0) is 49.5 Å². The molecule has 0 saturated carbocycles. The SMILES string of the molecule is CN(C)CCOC(c1ccc(F)cc1)c1ccc(F)cc1. The molecule has 0 radical (unpaired) electrons. The first-order valence-corrected chi connectivity index (χ1v) is 6.83. The maximum Gasteiger partial charge on any atom is 0.123 e. The van der Waals surface area contributed by atoms with Crippen molar-refractivity contribution in [2.45, 2.75) is 6.10 Å². The number of nitrogens with zero attached hydrogens (tertiary/aromatic N) is 1. The predicted octanol–water partition coefficient (Wildman–Crippen LogP) is 3.63. The Balaban J connectivity index is 2.21. The van der Waals surface area contributed by atoms with Crippen molar-refractivity contribution in [2.24, 2.45) is 0 Å². The molecular weight excluding hydrogens is 272 g/mol. The first-order chi connectivity index (χ1) is 10.1. The summed E-state index contributed by atoms with van der Waals surface area (Å²) in [5, 5.41) is 0. The molecule has 0 aliphatic carbocycles. The second-order valence-corrected chi connectivity index (χ2v) is 5.16. The highest BCUT2D eigenvalue weighted by atomic mass is 19.1. The van der Waals surface area contributed by atoms with E-state index in [1.54, 1.807) is 24.3 Å². The van der Waals surface area contributed by atoms with Crippen LogP contribution in [0.1, 0.15) is 17.2 Å². The van der Waals surface area contributed by atoms with Crippen LogP contribution in [0, 0.1) is 11.6 Å². The number of rotatable bonds is 6. The zero-order valence-electron chi connectivity index (χ0n) is 12.2. The van der Waals surface area contributed by atoms with Crippen molar-refractivity contribution in [1.82, 2.24) is 4.90 Å². The van der Waals surface area contributed by atoms with Crippen molar-refractivity contribution in [3.63, 3.8) is 0 Å². The highest BCUT2D eigenvalue weighted by Crippen LogP contribution is 2.26. The fourth-order valence-electron chi connectivity index (χ4n) is 2.01. The Morgan fingerprint density at radius 3 is 1.67 bits per heavy atom. The van der Waals surface area contributed by atoms with Gasteiger partial charge in [0, 0.05) is 6.54 Å². The molecule has 0 aliphatic rings. The molecule has 2 aromatic rings. The molecule has 2 nitrogen and oxygen atoms in total.